The number of amides is 1. The maximum absolute atomic E-state index is 12.3. The molecule has 0 spiro atoms. The van der Waals surface area contributed by atoms with Crippen molar-refractivity contribution in [1.29, 1.82) is 0 Å². The molecule has 0 bridgehead atoms. The minimum atomic E-state index is -1.03. The summed E-state index contributed by atoms with van der Waals surface area (Å²) in [6.07, 6.45) is 0.353. The van der Waals surface area contributed by atoms with Crippen LogP contribution < -0.4 is 5.32 Å². The van der Waals surface area contributed by atoms with E-state index in [2.05, 4.69) is 5.32 Å². The molecule has 1 fully saturated rings. The van der Waals surface area contributed by atoms with Crippen molar-refractivity contribution < 1.29 is 23.8 Å². The summed E-state index contributed by atoms with van der Waals surface area (Å²) >= 11 is 0. The quantitative estimate of drug-likeness (QED) is 0.726. The number of hydrogen-bond acceptors (Lipinski definition) is 5. The van der Waals surface area contributed by atoms with Gasteiger partial charge in [-0.1, -0.05) is 44.2 Å². The van der Waals surface area contributed by atoms with Crippen LogP contribution in [0.3, 0.4) is 0 Å². The molecule has 1 aliphatic heterocycles. The second kappa shape index (κ2) is 8.74. The van der Waals surface area contributed by atoms with Gasteiger partial charge in [0.1, 0.15) is 5.60 Å². The first kappa shape index (κ1) is 21.2. The first-order chi connectivity index (χ1) is 12.6. The van der Waals surface area contributed by atoms with Crippen molar-refractivity contribution in [2.75, 3.05) is 6.54 Å². The van der Waals surface area contributed by atoms with E-state index >= 15 is 0 Å². The Labute approximate surface area is 161 Å². The van der Waals surface area contributed by atoms with Gasteiger partial charge in [-0.25, -0.2) is 4.79 Å². The summed E-state index contributed by atoms with van der Waals surface area (Å²) in [5, 5.41) is 2.72. The molecule has 6 heteroatoms. The van der Waals surface area contributed by atoms with Gasteiger partial charge in [-0.3, -0.25) is 4.79 Å². The Kier molecular flexibility index (Phi) is 6.87. The topological polar surface area (TPSA) is 73.9 Å². The average molecular weight is 377 g/mol. The molecule has 1 amide bonds. The highest BCUT2D eigenvalue weighted by Crippen LogP contribution is 2.39. The summed E-state index contributed by atoms with van der Waals surface area (Å²) in [5.74, 6) is -1.31. The lowest BCUT2D eigenvalue weighted by atomic mass is 9.90. The van der Waals surface area contributed by atoms with Crippen molar-refractivity contribution in [3.05, 3.63) is 35.9 Å². The molecule has 1 aromatic rings. The van der Waals surface area contributed by atoms with E-state index < -0.39 is 17.5 Å². The average Bonchev–Trinajstić information content (AvgIpc) is 2.90. The summed E-state index contributed by atoms with van der Waals surface area (Å²) in [6.45, 7) is 10.1. The summed E-state index contributed by atoms with van der Waals surface area (Å²) in [4.78, 5) is 24.2. The monoisotopic (exact) mass is 377 g/mol. The Morgan fingerprint density at radius 2 is 1.96 bits per heavy atom. The summed E-state index contributed by atoms with van der Waals surface area (Å²) in [7, 11) is 0. The number of esters is 1. The third kappa shape index (κ3) is 6.54. The predicted octanol–water partition coefficient (Wildman–Crippen LogP) is 4.03. The fourth-order valence-electron chi connectivity index (χ4n) is 3.00. The molecule has 1 N–H and O–H groups in total. The van der Waals surface area contributed by atoms with Crippen LogP contribution in [-0.4, -0.2) is 30.0 Å². The van der Waals surface area contributed by atoms with Crippen LogP contribution in [0.25, 0.3) is 0 Å². The van der Waals surface area contributed by atoms with Crippen molar-refractivity contribution in [1.82, 2.24) is 5.32 Å². The van der Waals surface area contributed by atoms with E-state index in [0.717, 1.165) is 5.56 Å². The Morgan fingerprint density at radius 3 is 2.52 bits per heavy atom. The Balaban J connectivity index is 2.00. The number of benzene rings is 1. The molecule has 1 aliphatic rings. The zero-order chi connectivity index (χ0) is 20.1. The molecule has 0 aromatic heterocycles. The Bertz CT molecular complexity index is 638. The first-order valence-electron chi connectivity index (χ1n) is 9.48. The first-order valence-corrected chi connectivity index (χ1v) is 9.48. The zero-order valence-electron chi connectivity index (χ0n) is 16.9. The second-order valence-corrected chi connectivity index (χ2v) is 8.34. The van der Waals surface area contributed by atoms with Crippen LogP contribution >= 0.6 is 0 Å². The molecule has 6 nitrogen and oxygen atoms in total. The number of nitrogens with one attached hydrogen (secondary N) is 1. The predicted molar refractivity (Wildman–Crippen MR) is 102 cm³/mol. The maximum Gasteiger partial charge on any atom is 0.407 e. The number of ether oxygens (including phenoxy) is 3. The van der Waals surface area contributed by atoms with E-state index in [9.17, 15) is 9.59 Å². The smallest absolute Gasteiger partial charge is 0.407 e. The van der Waals surface area contributed by atoms with Crippen molar-refractivity contribution in [3.8, 4) is 0 Å². The molecule has 0 saturated carbocycles. The van der Waals surface area contributed by atoms with Crippen molar-refractivity contribution in [2.24, 2.45) is 11.8 Å². The van der Waals surface area contributed by atoms with Gasteiger partial charge in [0.15, 0.2) is 0 Å². The van der Waals surface area contributed by atoms with E-state index in [-0.39, 0.29) is 17.8 Å². The van der Waals surface area contributed by atoms with E-state index in [1.165, 1.54) is 0 Å². The molecule has 2 rings (SSSR count). The third-order valence-electron chi connectivity index (χ3n) is 4.44. The largest absolute Gasteiger partial charge is 0.444 e. The van der Waals surface area contributed by atoms with Gasteiger partial charge < -0.3 is 19.5 Å². The van der Waals surface area contributed by atoms with E-state index in [4.69, 9.17) is 14.2 Å². The van der Waals surface area contributed by atoms with Crippen molar-refractivity contribution >= 4 is 12.1 Å². The fraction of sp³-hybridized carbons (Fsp3) is 0.619. The molecular weight excluding hydrogens is 346 g/mol. The van der Waals surface area contributed by atoms with Gasteiger partial charge in [0.25, 0.3) is 0 Å². The number of carbonyl (C=O) groups is 2. The van der Waals surface area contributed by atoms with Gasteiger partial charge in [-0.05, 0) is 32.3 Å². The van der Waals surface area contributed by atoms with Gasteiger partial charge in [-0.15, -0.1) is 0 Å². The summed E-state index contributed by atoms with van der Waals surface area (Å²) in [5.41, 5.74) is 0.440. The zero-order valence-corrected chi connectivity index (χ0v) is 16.9. The molecular formula is C21H31NO5. The van der Waals surface area contributed by atoms with Crippen LogP contribution in [0.1, 0.15) is 53.0 Å². The molecule has 27 heavy (non-hydrogen) atoms. The highest BCUT2D eigenvalue weighted by Gasteiger charge is 2.48. The van der Waals surface area contributed by atoms with Gasteiger partial charge in [-0.2, -0.15) is 0 Å². The van der Waals surface area contributed by atoms with Crippen LogP contribution in [0.15, 0.2) is 30.3 Å². The van der Waals surface area contributed by atoms with E-state index in [0.29, 0.717) is 26.0 Å². The third-order valence-corrected chi connectivity index (χ3v) is 4.44. The molecule has 1 saturated heterocycles. The molecule has 1 heterocycles. The highest BCUT2D eigenvalue weighted by atomic mass is 16.7. The molecule has 2 unspecified atom stereocenters. The van der Waals surface area contributed by atoms with Crippen molar-refractivity contribution in [2.45, 2.75) is 65.5 Å². The number of carbonyl (C=O) groups excluding carboxylic acids is 2. The summed E-state index contributed by atoms with van der Waals surface area (Å²) in [6, 6.07) is 9.74. The Hall–Kier alpha value is -2.08. The van der Waals surface area contributed by atoms with Gasteiger partial charge in [0.05, 0.1) is 12.5 Å². The second-order valence-electron chi connectivity index (χ2n) is 8.34. The lowest BCUT2D eigenvalue weighted by molar-refractivity contribution is -0.219. The standard InChI is InChI=1S/C21H31NO5/c1-15(2)17-13-21(26-18(17)23,25-14-16-9-7-6-8-10-16)11-12-22-19(24)27-20(3,4)5/h6-10,15,17H,11-14H2,1-5H3,(H,22,24). The lowest BCUT2D eigenvalue weighted by Gasteiger charge is -2.28. The SMILES string of the molecule is CC(C)C1CC(CCNC(=O)OC(C)(C)C)(OCc2ccccc2)OC1=O. The fourth-order valence-corrected chi connectivity index (χ4v) is 3.00. The molecule has 0 radical (unpaired) electrons. The molecule has 150 valence electrons. The van der Waals surface area contributed by atoms with Crippen LogP contribution in [0.4, 0.5) is 4.79 Å². The maximum atomic E-state index is 12.3. The van der Waals surface area contributed by atoms with Gasteiger partial charge in [0, 0.05) is 19.4 Å². The van der Waals surface area contributed by atoms with Gasteiger partial charge >= 0.3 is 12.1 Å². The minimum Gasteiger partial charge on any atom is -0.444 e. The van der Waals surface area contributed by atoms with Crippen LogP contribution in [0, 0.1) is 11.8 Å². The van der Waals surface area contributed by atoms with Crippen LogP contribution in [0.5, 0.6) is 0 Å². The van der Waals surface area contributed by atoms with Gasteiger partial charge in [0.2, 0.25) is 5.79 Å². The van der Waals surface area contributed by atoms with Crippen LogP contribution in [0.2, 0.25) is 0 Å². The normalized spacial score (nSPS) is 22.6. The number of hydrogen-bond donors (Lipinski definition) is 1. The highest BCUT2D eigenvalue weighted by molar-refractivity contribution is 5.75. The molecule has 1 aromatic carbocycles. The van der Waals surface area contributed by atoms with E-state index in [1.54, 1.807) is 0 Å². The molecule has 0 aliphatic carbocycles. The number of cyclic esters (lactones) is 1. The lowest BCUT2D eigenvalue weighted by Crippen LogP contribution is -2.39. The van der Waals surface area contributed by atoms with Crippen molar-refractivity contribution in [3.63, 3.8) is 0 Å². The number of alkyl carbamates (subject to hydrolysis) is 1. The minimum absolute atomic E-state index is 0.165. The van der Waals surface area contributed by atoms with Crippen LogP contribution in [-0.2, 0) is 25.6 Å². The summed E-state index contributed by atoms with van der Waals surface area (Å²) < 4.78 is 17.0. The molecule has 2 atom stereocenters. The van der Waals surface area contributed by atoms with E-state index in [1.807, 2.05) is 65.0 Å². The Morgan fingerprint density at radius 1 is 1.30 bits per heavy atom. The number of rotatable bonds is 7.